The topological polar surface area (TPSA) is 43.8 Å². The number of anilines is 1. The normalized spacial score (nSPS) is 16.8. The Bertz CT molecular complexity index is 392. The molecule has 0 aliphatic carbocycles. The standard InChI is InChI=1S/C12H16N2O2/c1-13-5-6-14(8-12(13)16)11-4-2-3-10(7-11)9-15/h2-4,7,15H,5-6,8-9H2,1H3. The molecular formula is C12H16N2O2. The van der Waals surface area contributed by atoms with Gasteiger partial charge in [0.25, 0.3) is 0 Å². The summed E-state index contributed by atoms with van der Waals surface area (Å²) < 4.78 is 0. The van der Waals surface area contributed by atoms with Gasteiger partial charge in [-0.3, -0.25) is 4.79 Å². The first-order valence-corrected chi connectivity index (χ1v) is 5.39. The third-order valence-electron chi connectivity index (χ3n) is 2.92. The Hall–Kier alpha value is -1.55. The average Bonchev–Trinajstić information content (AvgIpc) is 2.33. The van der Waals surface area contributed by atoms with Crippen molar-refractivity contribution in [3.8, 4) is 0 Å². The summed E-state index contributed by atoms with van der Waals surface area (Å²) in [5.74, 6) is 0.139. The van der Waals surface area contributed by atoms with E-state index in [0.717, 1.165) is 24.3 Å². The van der Waals surface area contributed by atoms with Crippen LogP contribution in [-0.2, 0) is 11.4 Å². The van der Waals surface area contributed by atoms with Crippen LogP contribution in [0.2, 0.25) is 0 Å². The number of amides is 1. The van der Waals surface area contributed by atoms with Crippen LogP contribution in [0, 0.1) is 0 Å². The number of likely N-dealkylation sites (N-methyl/N-ethyl adjacent to an activating group) is 1. The van der Waals surface area contributed by atoms with Gasteiger partial charge in [-0.1, -0.05) is 12.1 Å². The minimum absolute atomic E-state index is 0.0372. The Kier molecular flexibility index (Phi) is 3.10. The van der Waals surface area contributed by atoms with Gasteiger partial charge in [-0.25, -0.2) is 0 Å². The van der Waals surface area contributed by atoms with Gasteiger partial charge in [0.15, 0.2) is 0 Å². The summed E-state index contributed by atoms with van der Waals surface area (Å²) in [6, 6.07) is 7.68. The fourth-order valence-corrected chi connectivity index (χ4v) is 1.83. The molecule has 1 heterocycles. The molecule has 86 valence electrons. The molecule has 0 saturated carbocycles. The highest BCUT2D eigenvalue weighted by Crippen LogP contribution is 2.18. The smallest absolute Gasteiger partial charge is 0.241 e. The van der Waals surface area contributed by atoms with E-state index in [4.69, 9.17) is 5.11 Å². The van der Waals surface area contributed by atoms with Crippen LogP contribution in [0.5, 0.6) is 0 Å². The molecule has 1 aliphatic rings. The molecule has 1 amide bonds. The number of piperazine rings is 1. The molecule has 0 radical (unpaired) electrons. The predicted octanol–water partition coefficient (Wildman–Crippen LogP) is 0.457. The summed E-state index contributed by atoms with van der Waals surface area (Å²) in [5.41, 5.74) is 1.89. The first kappa shape index (κ1) is 11.0. The van der Waals surface area contributed by atoms with Gasteiger partial charge in [-0.15, -0.1) is 0 Å². The molecule has 1 N–H and O–H groups in total. The van der Waals surface area contributed by atoms with Crippen molar-refractivity contribution in [3.05, 3.63) is 29.8 Å². The molecule has 1 fully saturated rings. The lowest BCUT2D eigenvalue weighted by molar-refractivity contribution is -0.129. The third kappa shape index (κ3) is 2.17. The maximum atomic E-state index is 11.6. The van der Waals surface area contributed by atoms with E-state index in [1.807, 2.05) is 36.2 Å². The molecule has 1 aromatic rings. The van der Waals surface area contributed by atoms with Crippen molar-refractivity contribution in [3.63, 3.8) is 0 Å². The van der Waals surface area contributed by atoms with Crippen LogP contribution in [-0.4, -0.2) is 42.6 Å². The molecule has 4 heteroatoms. The molecule has 0 atom stereocenters. The van der Waals surface area contributed by atoms with Gasteiger partial charge in [0.05, 0.1) is 13.2 Å². The van der Waals surface area contributed by atoms with Gasteiger partial charge < -0.3 is 14.9 Å². The van der Waals surface area contributed by atoms with E-state index in [1.54, 1.807) is 4.90 Å². The Labute approximate surface area is 95.1 Å². The van der Waals surface area contributed by atoms with Gasteiger partial charge in [0.1, 0.15) is 0 Å². The molecule has 1 aliphatic heterocycles. The van der Waals surface area contributed by atoms with Crippen LogP contribution >= 0.6 is 0 Å². The molecule has 1 aromatic carbocycles. The van der Waals surface area contributed by atoms with Crippen LogP contribution in [0.25, 0.3) is 0 Å². The van der Waals surface area contributed by atoms with Gasteiger partial charge in [-0.2, -0.15) is 0 Å². The van der Waals surface area contributed by atoms with Crippen molar-refractivity contribution >= 4 is 11.6 Å². The molecule has 0 aromatic heterocycles. The van der Waals surface area contributed by atoms with Crippen molar-refractivity contribution in [2.75, 3.05) is 31.6 Å². The zero-order valence-electron chi connectivity index (χ0n) is 9.39. The number of aliphatic hydroxyl groups excluding tert-OH is 1. The number of nitrogens with zero attached hydrogens (tertiary/aromatic N) is 2. The second-order valence-corrected chi connectivity index (χ2v) is 4.06. The Balaban J connectivity index is 2.15. The highest BCUT2D eigenvalue weighted by Gasteiger charge is 2.20. The molecule has 1 saturated heterocycles. The van der Waals surface area contributed by atoms with Crippen molar-refractivity contribution in [2.45, 2.75) is 6.61 Å². The molecular weight excluding hydrogens is 204 g/mol. The van der Waals surface area contributed by atoms with E-state index >= 15 is 0 Å². The molecule has 4 nitrogen and oxygen atoms in total. The monoisotopic (exact) mass is 220 g/mol. The Morgan fingerprint density at radius 3 is 2.88 bits per heavy atom. The zero-order chi connectivity index (χ0) is 11.5. The maximum Gasteiger partial charge on any atom is 0.241 e. The minimum atomic E-state index is 0.0372. The lowest BCUT2D eigenvalue weighted by Gasteiger charge is -2.33. The van der Waals surface area contributed by atoms with Gasteiger partial charge in [0, 0.05) is 25.8 Å². The fourth-order valence-electron chi connectivity index (χ4n) is 1.83. The number of carbonyl (C=O) groups excluding carboxylic acids is 1. The molecule has 0 bridgehead atoms. The van der Waals surface area contributed by atoms with E-state index in [-0.39, 0.29) is 12.5 Å². The number of carbonyl (C=O) groups is 1. The number of hydrogen-bond acceptors (Lipinski definition) is 3. The van der Waals surface area contributed by atoms with Crippen molar-refractivity contribution in [2.24, 2.45) is 0 Å². The SMILES string of the molecule is CN1CCN(c2cccc(CO)c2)CC1=O. The first-order valence-electron chi connectivity index (χ1n) is 5.39. The Morgan fingerprint density at radius 1 is 1.38 bits per heavy atom. The van der Waals surface area contributed by atoms with Crippen LogP contribution in [0.4, 0.5) is 5.69 Å². The third-order valence-corrected chi connectivity index (χ3v) is 2.92. The predicted molar refractivity (Wildman–Crippen MR) is 62.2 cm³/mol. The maximum absolute atomic E-state index is 11.6. The van der Waals surface area contributed by atoms with Crippen LogP contribution in [0.15, 0.2) is 24.3 Å². The minimum Gasteiger partial charge on any atom is -0.392 e. The second-order valence-electron chi connectivity index (χ2n) is 4.06. The van der Waals surface area contributed by atoms with Crippen LogP contribution < -0.4 is 4.90 Å². The summed E-state index contributed by atoms with van der Waals surface area (Å²) >= 11 is 0. The van der Waals surface area contributed by atoms with Crippen LogP contribution in [0.1, 0.15) is 5.56 Å². The summed E-state index contributed by atoms with van der Waals surface area (Å²) in [7, 11) is 1.82. The van der Waals surface area contributed by atoms with Crippen molar-refractivity contribution in [1.29, 1.82) is 0 Å². The van der Waals surface area contributed by atoms with Gasteiger partial charge >= 0.3 is 0 Å². The summed E-state index contributed by atoms with van der Waals surface area (Å²) in [4.78, 5) is 15.4. The lowest BCUT2D eigenvalue weighted by Crippen LogP contribution is -2.48. The van der Waals surface area contributed by atoms with E-state index in [1.165, 1.54) is 0 Å². The lowest BCUT2D eigenvalue weighted by atomic mass is 10.2. The van der Waals surface area contributed by atoms with E-state index in [2.05, 4.69) is 0 Å². The Morgan fingerprint density at radius 2 is 2.19 bits per heavy atom. The molecule has 16 heavy (non-hydrogen) atoms. The van der Waals surface area contributed by atoms with E-state index < -0.39 is 0 Å². The van der Waals surface area contributed by atoms with E-state index in [9.17, 15) is 4.79 Å². The van der Waals surface area contributed by atoms with E-state index in [0.29, 0.717) is 6.54 Å². The molecule has 0 unspecified atom stereocenters. The summed E-state index contributed by atoms with van der Waals surface area (Å²) in [6.07, 6.45) is 0. The number of rotatable bonds is 2. The van der Waals surface area contributed by atoms with Crippen LogP contribution in [0.3, 0.4) is 0 Å². The van der Waals surface area contributed by atoms with Gasteiger partial charge in [-0.05, 0) is 17.7 Å². The highest BCUT2D eigenvalue weighted by molar-refractivity contribution is 5.82. The number of benzene rings is 1. The quantitative estimate of drug-likeness (QED) is 0.787. The summed E-state index contributed by atoms with van der Waals surface area (Å²) in [6.45, 7) is 2.06. The largest absolute Gasteiger partial charge is 0.392 e. The molecule has 0 spiro atoms. The van der Waals surface area contributed by atoms with Gasteiger partial charge in [0.2, 0.25) is 5.91 Å². The number of hydrogen-bond donors (Lipinski definition) is 1. The number of aliphatic hydroxyl groups is 1. The first-order chi connectivity index (χ1) is 7.70. The molecule has 2 rings (SSSR count). The summed E-state index contributed by atoms with van der Waals surface area (Å²) in [5, 5.41) is 9.06. The average molecular weight is 220 g/mol. The highest BCUT2D eigenvalue weighted by atomic mass is 16.3. The zero-order valence-corrected chi connectivity index (χ0v) is 9.39. The van der Waals surface area contributed by atoms with Crippen molar-refractivity contribution < 1.29 is 9.90 Å². The fraction of sp³-hybridized carbons (Fsp3) is 0.417. The van der Waals surface area contributed by atoms with Crippen molar-refractivity contribution in [1.82, 2.24) is 4.90 Å². The second kappa shape index (κ2) is 4.53.